The lowest BCUT2D eigenvalue weighted by Gasteiger charge is -2.32. The van der Waals surface area contributed by atoms with Crippen LogP contribution in [0.15, 0.2) is 12.1 Å². The van der Waals surface area contributed by atoms with Crippen LogP contribution in [0.5, 0.6) is 0 Å². The number of hydrogen-bond donors (Lipinski definition) is 0. The molecular weight excluding hydrogens is 208 g/mol. The predicted octanol–water partition coefficient (Wildman–Crippen LogP) is 3.51. The Bertz CT molecular complexity index is 359. The molecular formula is C13H17F2N. The van der Waals surface area contributed by atoms with Crippen LogP contribution in [0.25, 0.3) is 0 Å². The summed E-state index contributed by atoms with van der Waals surface area (Å²) in [5, 5.41) is 0. The van der Waals surface area contributed by atoms with Crippen molar-refractivity contribution in [3.05, 3.63) is 29.3 Å². The fraction of sp³-hybridized carbons (Fsp3) is 0.538. The molecule has 1 aliphatic heterocycles. The monoisotopic (exact) mass is 225 g/mol. The molecule has 1 nitrogen and oxygen atoms in total. The summed E-state index contributed by atoms with van der Waals surface area (Å²) in [5.74, 6) is -0.216. The van der Waals surface area contributed by atoms with E-state index < -0.39 is 11.6 Å². The fourth-order valence-corrected chi connectivity index (χ4v) is 2.23. The number of aryl methyl sites for hydroxylation is 1. The highest BCUT2D eigenvalue weighted by Gasteiger charge is 2.21. The van der Waals surface area contributed by atoms with Gasteiger partial charge in [0.25, 0.3) is 0 Å². The predicted molar refractivity (Wildman–Crippen MR) is 61.7 cm³/mol. The Kier molecular flexibility index (Phi) is 3.13. The molecule has 16 heavy (non-hydrogen) atoms. The lowest BCUT2D eigenvalue weighted by molar-refractivity contribution is 0.429. The second-order valence-electron chi connectivity index (χ2n) is 4.75. The highest BCUT2D eigenvalue weighted by atomic mass is 19.1. The summed E-state index contributed by atoms with van der Waals surface area (Å²) in [6.45, 7) is 5.38. The van der Waals surface area contributed by atoms with Crippen molar-refractivity contribution in [2.24, 2.45) is 5.92 Å². The molecule has 0 N–H and O–H groups in total. The van der Waals surface area contributed by atoms with E-state index in [-0.39, 0.29) is 5.69 Å². The minimum absolute atomic E-state index is 0.150. The third-order valence-electron chi connectivity index (χ3n) is 3.26. The maximum Gasteiger partial charge on any atom is 0.149 e. The zero-order chi connectivity index (χ0) is 11.7. The van der Waals surface area contributed by atoms with Crippen LogP contribution in [0.4, 0.5) is 14.5 Å². The SMILES string of the molecule is Cc1cc(F)c(N2CCC(C)CC2)c(F)c1. The molecule has 1 fully saturated rings. The highest BCUT2D eigenvalue weighted by Crippen LogP contribution is 2.28. The van der Waals surface area contributed by atoms with Crippen LogP contribution in [0.3, 0.4) is 0 Å². The third kappa shape index (κ3) is 2.18. The number of rotatable bonds is 1. The van der Waals surface area contributed by atoms with Gasteiger partial charge in [-0.2, -0.15) is 0 Å². The molecule has 0 aromatic heterocycles. The quantitative estimate of drug-likeness (QED) is 0.707. The number of hydrogen-bond acceptors (Lipinski definition) is 1. The van der Waals surface area contributed by atoms with E-state index >= 15 is 0 Å². The Morgan fingerprint density at radius 1 is 1.12 bits per heavy atom. The topological polar surface area (TPSA) is 3.24 Å². The summed E-state index contributed by atoms with van der Waals surface area (Å²) in [7, 11) is 0. The Morgan fingerprint density at radius 2 is 1.62 bits per heavy atom. The van der Waals surface area contributed by atoms with Gasteiger partial charge in [-0.3, -0.25) is 0 Å². The Morgan fingerprint density at radius 3 is 2.12 bits per heavy atom. The van der Waals surface area contributed by atoms with Gasteiger partial charge in [-0.25, -0.2) is 8.78 Å². The van der Waals surface area contributed by atoms with Crippen molar-refractivity contribution in [2.45, 2.75) is 26.7 Å². The molecule has 0 atom stereocenters. The molecule has 0 bridgehead atoms. The summed E-state index contributed by atoms with van der Waals surface area (Å²) >= 11 is 0. The number of anilines is 1. The van der Waals surface area contributed by atoms with Crippen molar-refractivity contribution in [1.82, 2.24) is 0 Å². The van der Waals surface area contributed by atoms with Gasteiger partial charge in [0, 0.05) is 13.1 Å². The molecule has 0 spiro atoms. The zero-order valence-corrected chi connectivity index (χ0v) is 9.76. The van der Waals surface area contributed by atoms with Crippen LogP contribution in [-0.2, 0) is 0 Å². The van der Waals surface area contributed by atoms with Gasteiger partial charge in [0.15, 0.2) is 0 Å². The van der Waals surface area contributed by atoms with Crippen LogP contribution >= 0.6 is 0 Å². The Labute approximate surface area is 95.1 Å². The molecule has 0 unspecified atom stereocenters. The maximum absolute atomic E-state index is 13.7. The van der Waals surface area contributed by atoms with Crippen molar-refractivity contribution in [1.29, 1.82) is 0 Å². The van der Waals surface area contributed by atoms with Gasteiger partial charge in [-0.1, -0.05) is 6.92 Å². The maximum atomic E-state index is 13.7. The van der Waals surface area contributed by atoms with Crippen LogP contribution in [-0.4, -0.2) is 13.1 Å². The van der Waals surface area contributed by atoms with Gasteiger partial charge >= 0.3 is 0 Å². The Balaban J connectivity index is 2.26. The molecule has 1 aromatic carbocycles. The molecule has 0 saturated carbocycles. The van der Waals surface area contributed by atoms with Crippen LogP contribution in [0.2, 0.25) is 0 Å². The van der Waals surface area contributed by atoms with E-state index in [0.29, 0.717) is 11.5 Å². The van der Waals surface area contributed by atoms with Gasteiger partial charge in [0.05, 0.1) is 0 Å². The summed E-state index contributed by atoms with van der Waals surface area (Å²) in [6, 6.07) is 2.80. The van der Waals surface area contributed by atoms with Crippen LogP contribution in [0.1, 0.15) is 25.3 Å². The van der Waals surface area contributed by atoms with Gasteiger partial charge in [0.2, 0.25) is 0 Å². The first-order chi connectivity index (χ1) is 7.58. The van der Waals surface area contributed by atoms with E-state index in [2.05, 4.69) is 6.92 Å². The number of piperidine rings is 1. The van der Waals surface area contributed by atoms with E-state index in [0.717, 1.165) is 25.9 Å². The average molecular weight is 225 g/mol. The van der Waals surface area contributed by atoms with E-state index in [9.17, 15) is 8.78 Å². The van der Waals surface area contributed by atoms with Crippen LogP contribution in [0, 0.1) is 24.5 Å². The fourth-order valence-electron chi connectivity index (χ4n) is 2.23. The van der Waals surface area contributed by atoms with E-state index in [4.69, 9.17) is 0 Å². The molecule has 1 aliphatic rings. The lowest BCUT2D eigenvalue weighted by atomic mass is 9.98. The first-order valence-corrected chi connectivity index (χ1v) is 5.78. The molecule has 0 aliphatic carbocycles. The molecule has 1 saturated heterocycles. The minimum Gasteiger partial charge on any atom is -0.367 e. The van der Waals surface area contributed by atoms with Crippen molar-refractivity contribution in [3.8, 4) is 0 Å². The lowest BCUT2D eigenvalue weighted by Crippen LogP contribution is -2.34. The van der Waals surface area contributed by atoms with Gasteiger partial charge < -0.3 is 4.90 Å². The van der Waals surface area contributed by atoms with Crippen molar-refractivity contribution < 1.29 is 8.78 Å². The summed E-state index contributed by atoms with van der Waals surface area (Å²) < 4.78 is 27.4. The normalized spacial score (nSPS) is 17.9. The molecule has 88 valence electrons. The van der Waals surface area contributed by atoms with Gasteiger partial charge in [-0.05, 0) is 43.4 Å². The zero-order valence-electron chi connectivity index (χ0n) is 9.76. The van der Waals surface area contributed by atoms with Crippen molar-refractivity contribution in [2.75, 3.05) is 18.0 Å². The van der Waals surface area contributed by atoms with E-state index in [1.807, 2.05) is 4.90 Å². The number of halogens is 2. The largest absolute Gasteiger partial charge is 0.367 e. The first-order valence-electron chi connectivity index (χ1n) is 5.78. The smallest absolute Gasteiger partial charge is 0.149 e. The Hall–Kier alpha value is -1.12. The number of benzene rings is 1. The molecule has 0 radical (unpaired) electrons. The molecule has 1 aromatic rings. The van der Waals surface area contributed by atoms with Gasteiger partial charge in [0.1, 0.15) is 17.3 Å². The molecule has 3 heteroatoms. The van der Waals surface area contributed by atoms with E-state index in [1.54, 1.807) is 6.92 Å². The van der Waals surface area contributed by atoms with Crippen molar-refractivity contribution in [3.63, 3.8) is 0 Å². The summed E-state index contributed by atoms with van der Waals surface area (Å²) in [6.07, 6.45) is 2.01. The van der Waals surface area contributed by atoms with Crippen molar-refractivity contribution >= 4 is 5.69 Å². The molecule has 0 amide bonds. The van der Waals surface area contributed by atoms with E-state index in [1.165, 1.54) is 12.1 Å². The third-order valence-corrected chi connectivity index (χ3v) is 3.26. The first kappa shape index (κ1) is 11.4. The second kappa shape index (κ2) is 4.40. The standard InChI is InChI=1S/C13H17F2N/c1-9-3-5-16(6-4-9)13-11(14)7-10(2)8-12(13)15/h7-9H,3-6H2,1-2H3. The summed E-state index contributed by atoms with van der Waals surface area (Å²) in [5.41, 5.74) is 0.779. The molecule has 2 rings (SSSR count). The average Bonchev–Trinajstić information content (AvgIpc) is 2.19. The highest BCUT2D eigenvalue weighted by molar-refractivity contribution is 5.50. The minimum atomic E-state index is -0.438. The second-order valence-corrected chi connectivity index (χ2v) is 4.75. The molecule has 1 heterocycles. The van der Waals surface area contributed by atoms with Crippen LogP contribution < -0.4 is 4.90 Å². The number of nitrogens with zero attached hydrogens (tertiary/aromatic N) is 1. The van der Waals surface area contributed by atoms with Gasteiger partial charge in [-0.15, -0.1) is 0 Å². The summed E-state index contributed by atoms with van der Waals surface area (Å²) in [4.78, 5) is 1.82.